The summed E-state index contributed by atoms with van der Waals surface area (Å²) >= 11 is 0. The highest BCUT2D eigenvalue weighted by molar-refractivity contribution is 7.90. The first-order chi connectivity index (χ1) is 13.3. The van der Waals surface area contributed by atoms with E-state index in [4.69, 9.17) is 4.42 Å². The molecule has 8 heteroatoms. The van der Waals surface area contributed by atoms with Gasteiger partial charge in [-0.2, -0.15) is 0 Å². The molecular weight excluding hydrogens is 378 g/mol. The molecule has 0 aliphatic carbocycles. The number of benzene rings is 1. The highest BCUT2D eigenvalue weighted by atomic mass is 32.2. The lowest BCUT2D eigenvalue weighted by atomic mass is 10.1. The fourth-order valence-electron chi connectivity index (χ4n) is 3.20. The van der Waals surface area contributed by atoms with E-state index in [1.165, 1.54) is 17.7 Å². The lowest BCUT2D eigenvalue weighted by molar-refractivity contribution is 0.0918. The van der Waals surface area contributed by atoms with E-state index in [1.807, 2.05) is 12.1 Å². The van der Waals surface area contributed by atoms with Crippen LogP contribution in [0.25, 0.3) is 0 Å². The van der Waals surface area contributed by atoms with Crippen LogP contribution in [0, 0.1) is 0 Å². The van der Waals surface area contributed by atoms with Crippen LogP contribution in [0.3, 0.4) is 0 Å². The van der Waals surface area contributed by atoms with Crippen LogP contribution < -0.4 is 5.32 Å². The van der Waals surface area contributed by atoms with Gasteiger partial charge < -0.3 is 14.6 Å². The molecule has 0 spiro atoms. The van der Waals surface area contributed by atoms with E-state index in [1.54, 1.807) is 0 Å². The summed E-state index contributed by atoms with van der Waals surface area (Å²) in [5.74, 6) is -0.448. The van der Waals surface area contributed by atoms with Crippen molar-refractivity contribution in [2.75, 3.05) is 39.0 Å². The van der Waals surface area contributed by atoms with Gasteiger partial charge in [0, 0.05) is 45.5 Å². The van der Waals surface area contributed by atoms with Gasteiger partial charge in [0.15, 0.2) is 5.76 Å². The molecule has 1 saturated heterocycles. The van der Waals surface area contributed by atoms with E-state index in [0.717, 1.165) is 51.1 Å². The van der Waals surface area contributed by atoms with Crippen LogP contribution in [0.5, 0.6) is 0 Å². The molecule has 152 valence electrons. The van der Waals surface area contributed by atoms with E-state index >= 15 is 0 Å². The molecule has 0 atom stereocenters. The van der Waals surface area contributed by atoms with Crippen molar-refractivity contribution in [2.45, 2.75) is 25.1 Å². The summed E-state index contributed by atoms with van der Waals surface area (Å²) in [7, 11) is -3.46. The summed E-state index contributed by atoms with van der Waals surface area (Å²) in [6.45, 7) is 9.01. The highest BCUT2D eigenvalue weighted by Gasteiger charge is 2.17. The Balaban J connectivity index is 1.49. The quantitative estimate of drug-likeness (QED) is 0.756. The van der Waals surface area contributed by atoms with Crippen molar-refractivity contribution >= 4 is 15.7 Å². The molecule has 0 saturated carbocycles. The number of sulfone groups is 1. The molecule has 7 nitrogen and oxygen atoms in total. The molecule has 1 N–H and O–H groups in total. The first-order valence-electron chi connectivity index (χ1n) is 9.46. The van der Waals surface area contributed by atoms with E-state index in [9.17, 15) is 13.2 Å². The number of nitrogens with zero attached hydrogens (tertiary/aromatic N) is 2. The first-order valence-corrected chi connectivity index (χ1v) is 11.3. The summed E-state index contributed by atoms with van der Waals surface area (Å²) in [4.78, 5) is 17.0. The largest absolute Gasteiger partial charge is 0.440 e. The SMILES string of the molecule is CCN1CCN(Cc2ccc(CNC(=O)c3ccc(S(C)(=O)=O)o3)cc2)CC1. The number of amides is 1. The first kappa shape index (κ1) is 20.6. The average molecular weight is 406 g/mol. The molecule has 1 aromatic heterocycles. The molecule has 28 heavy (non-hydrogen) atoms. The predicted molar refractivity (Wildman–Crippen MR) is 107 cm³/mol. The Bertz CT molecular complexity index is 898. The molecule has 2 heterocycles. The maximum Gasteiger partial charge on any atom is 0.287 e. The Morgan fingerprint density at radius 3 is 2.18 bits per heavy atom. The number of hydrogen-bond donors (Lipinski definition) is 1. The lowest BCUT2D eigenvalue weighted by Gasteiger charge is -2.34. The van der Waals surface area contributed by atoms with E-state index in [0.29, 0.717) is 6.54 Å². The fourth-order valence-corrected chi connectivity index (χ4v) is 3.75. The molecule has 1 fully saturated rings. The van der Waals surface area contributed by atoms with Crippen molar-refractivity contribution < 1.29 is 17.6 Å². The van der Waals surface area contributed by atoms with Crippen molar-refractivity contribution in [2.24, 2.45) is 0 Å². The smallest absolute Gasteiger partial charge is 0.287 e. The van der Waals surface area contributed by atoms with Crippen LogP contribution in [0.4, 0.5) is 0 Å². The fraction of sp³-hybridized carbons (Fsp3) is 0.450. The van der Waals surface area contributed by atoms with Gasteiger partial charge in [-0.3, -0.25) is 9.69 Å². The second-order valence-electron chi connectivity index (χ2n) is 7.10. The summed E-state index contributed by atoms with van der Waals surface area (Å²) in [5.41, 5.74) is 2.23. The molecule has 0 bridgehead atoms. The number of carbonyl (C=O) groups excluding carboxylic acids is 1. The van der Waals surface area contributed by atoms with E-state index < -0.39 is 15.7 Å². The van der Waals surface area contributed by atoms with E-state index in [-0.39, 0.29) is 10.9 Å². The molecule has 1 amide bonds. The van der Waals surface area contributed by atoms with Gasteiger partial charge in [-0.05, 0) is 29.8 Å². The Morgan fingerprint density at radius 2 is 1.61 bits per heavy atom. The normalized spacial score (nSPS) is 16.2. The number of nitrogens with one attached hydrogen (secondary N) is 1. The van der Waals surface area contributed by atoms with Gasteiger partial charge in [0.1, 0.15) is 0 Å². The molecule has 3 rings (SSSR count). The van der Waals surface area contributed by atoms with E-state index in [2.05, 4.69) is 34.2 Å². The third-order valence-corrected chi connectivity index (χ3v) is 5.92. The van der Waals surface area contributed by atoms with Gasteiger partial charge in [0.25, 0.3) is 5.91 Å². The summed E-state index contributed by atoms with van der Waals surface area (Å²) in [5, 5.41) is 2.54. The minimum Gasteiger partial charge on any atom is -0.440 e. The number of likely N-dealkylation sites (N-methyl/N-ethyl adjacent to an activating group) is 1. The summed E-state index contributed by atoms with van der Waals surface area (Å²) in [6, 6.07) is 10.8. The van der Waals surface area contributed by atoms with Crippen LogP contribution in [0.2, 0.25) is 0 Å². The molecule has 1 aromatic carbocycles. The zero-order chi connectivity index (χ0) is 20.1. The summed E-state index contributed by atoms with van der Waals surface area (Å²) in [6.07, 6.45) is 1.04. The Morgan fingerprint density at radius 1 is 1.00 bits per heavy atom. The van der Waals surface area contributed by atoms with Gasteiger partial charge >= 0.3 is 0 Å². The minimum atomic E-state index is -3.46. The maximum atomic E-state index is 12.1. The van der Waals surface area contributed by atoms with Crippen LogP contribution in [0.15, 0.2) is 45.9 Å². The maximum absolute atomic E-state index is 12.1. The van der Waals surface area contributed by atoms with Gasteiger partial charge in [-0.1, -0.05) is 31.2 Å². The van der Waals surface area contributed by atoms with Gasteiger partial charge in [-0.15, -0.1) is 0 Å². The van der Waals surface area contributed by atoms with Crippen LogP contribution in [0.1, 0.15) is 28.6 Å². The number of rotatable bonds is 7. The molecular formula is C20H27N3O4S. The molecule has 1 aliphatic rings. The van der Waals surface area contributed by atoms with Gasteiger partial charge in [0.05, 0.1) is 0 Å². The zero-order valence-electron chi connectivity index (χ0n) is 16.3. The average Bonchev–Trinajstić information content (AvgIpc) is 3.19. The number of piperazine rings is 1. The Labute approximate surface area is 166 Å². The van der Waals surface area contributed by atoms with Gasteiger partial charge in [0.2, 0.25) is 14.9 Å². The topological polar surface area (TPSA) is 82.9 Å². The van der Waals surface area contributed by atoms with Crippen molar-refractivity contribution in [3.8, 4) is 0 Å². The van der Waals surface area contributed by atoms with Crippen molar-refractivity contribution in [3.63, 3.8) is 0 Å². The molecule has 2 aromatic rings. The third kappa shape index (κ3) is 5.43. The Hall–Kier alpha value is -2.16. The molecule has 0 unspecified atom stereocenters. The molecule has 0 radical (unpaired) electrons. The monoisotopic (exact) mass is 405 g/mol. The van der Waals surface area contributed by atoms with Crippen molar-refractivity contribution in [1.29, 1.82) is 0 Å². The van der Waals surface area contributed by atoms with Crippen LogP contribution in [-0.2, 0) is 22.9 Å². The summed E-state index contributed by atoms with van der Waals surface area (Å²) < 4.78 is 28.0. The van der Waals surface area contributed by atoms with Gasteiger partial charge in [-0.25, -0.2) is 8.42 Å². The number of furan rings is 1. The zero-order valence-corrected chi connectivity index (χ0v) is 17.2. The van der Waals surface area contributed by atoms with Crippen molar-refractivity contribution in [1.82, 2.24) is 15.1 Å². The van der Waals surface area contributed by atoms with Crippen LogP contribution >= 0.6 is 0 Å². The van der Waals surface area contributed by atoms with Crippen LogP contribution in [-0.4, -0.2) is 63.1 Å². The Kier molecular flexibility index (Phi) is 6.53. The number of carbonyl (C=O) groups is 1. The molecule has 1 aliphatic heterocycles. The minimum absolute atomic E-state index is 0.0109. The van der Waals surface area contributed by atoms with Crippen molar-refractivity contribution in [3.05, 3.63) is 53.3 Å². The third-order valence-electron chi connectivity index (χ3n) is 4.96. The second kappa shape index (κ2) is 8.89. The standard InChI is InChI=1S/C20H27N3O4S/c1-3-22-10-12-23(13-11-22)15-17-6-4-16(5-7-17)14-21-20(24)18-8-9-19(27-18)28(2,25)26/h4-9H,3,10-15H2,1-2H3,(H,21,24). The number of hydrogen-bond acceptors (Lipinski definition) is 6. The predicted octanol–water partition coefficient (Wildman–Crippen LogP) is 1.75. The second-order valence-corrected chi connectivity index (χ2v) is 9.05. The highest BCUT2D eigenvalue weighted by Crippen LogP contribution is 2.14. The lowest BCUT2D eigenvalue weighted by Crippen LogP contribution is -2.45.